The zero-order valence-electron chi connectivity index (χ0n) is 11.9. The largest absolute Gasteiger partial charge is 0.480 e. The molecular weight excluding hydrogens is 252 g/mol. The Hall–Kier alpha value is -1.32. The van der Waals surface area contributed by atoms with Crippen LogP contribution in [0, 0.1) is 36.5 Å². The lowest BCUT2D eigenvalue weighted by atomic mass is 9.50. The molecule has 1 heterocycles. The summed E-state index contributed by atoms with van der Waals surface area (Å²) in [5.41, 5.74) is 0. The Kier molecular flexibility index (Phi) is 2.69. The van der Waals surface area contributed by atoms with Crippen LogP contribution < -0.4 is 0 Å². The Labute approximate surface area is 119 Å². The van der Waals surface area contributed by atoms with E-state index >= 15 is 0 Å². The molecule has 4 bridgehead atoms. The highest BCUT2D eigenvalue weighted by atomic mass is 16.4. The van der Waals surface area contributed by atoms with Crippen molar-refractivity contribution in [3.8, 4) is 0 Å². The number of aryl methyl sites for hydroxylation is 1. The second-order valence-electron chi connectivity index (χ2n) is 7.17. The van der Waals surface area contributed by atoms with Gasteiger partial charge in [0.15, 0.2) is 0 Å². The molecule has 0 aliphatic heterocycles. The highest BCUT2D eigenvalue weighted by Gasteiger charge is 2.52. The molecule has 1 unspecified atom stereocenters. The summed E-state index contributed by atoms with van der Waals surface area (Å²) < 4.78 is 1.90. The molecule has 4 fully saturated rings. The number of nitrogens with zero attached hydrogens (tertiary/aromatic N) is 2. The van der Waals surface area contributed by atoms with Gasteiger partial charge in [0.2, 0.25) is 0 Å². The molecule has 0 aromatic carbocycles. The standard InChI is InChI=1S/C16H22N2O2/c1-9-17-2-3-18(9)15(16(19)20)14-12-5-10-4-11(7-12)8-13(14)6-10/h2-3,10-15H,4-8H2,1H3,(H,19,20). The van der Waals surface area contributed by atoms with Gasteiger partial charge in [0.25, 0.3) is 0 Å². The third kappa shape index (κ3) is 1.73. The fourth-order valence-electron chi connectivity index (χ4n) is 5.63. The molecule has 20 heavy (non-hydrogen) atoms. The minimum absolute atomic E-state index is 0.313. The van der Waals surface area contributed by atoms with Gasteiger partial charge < -0.3 is 9.67 Å². The predicted octanol–water partition coefficient (Wildman–Crippen LogP) is 2.89. The van der Waals surface area contributed by atoms with E-state index < -0.39 is 12.0 Å². The summed E-state index contributed by atoms with van der Waals surface area (Å²) in [7, 11) is 0. The van der Waals surface area contributed by atoms with Crippen LogP contribution in [-0.2, 0) is 4.79 Å². The lowest BCUT2D eigenvalue weighted by molar-refractivity contribution is -0.149. The van der Waals surface area contributed by atoms with E-state index in [9.17, 15) is 9.90 Å². The fourth-order valence-corrected chi connectivity index (χ4v) is 5.63. The fraction of sp³-hybridized carbons (Fsp3) is 0.750. The number of rotatable bonds is 3. The number of hydrogen-bond donors (Lipinski definition) is 1. The van der Waals surface area contributed by atoms with E-state index in [4.69, 9.17) is 0 Å². The molecule has 1 aromatic heterocycles. The third-order valence-corrected chi connectivity index (χ3v) is 6.08. The van der Waals surface area contributed by atoms with Crippen LogP contribution in [0.4, 0.5) is 0 Å². The number of carboxylic acids is 1. The summed E-state index contributed by atoms with van der Waals surface area (Å²) in [5.74, 6) is 3.46. The van der Waals surface area contributed by atoms with Crippen LogP contribution in [-0.4, -0.2) is 20.6 Å². The first kappa shape index (κ1) is 12.4. The molecule has 4 heteroatoms. The second kappa shape index (κ2) is 4.34. The predicted molar refractivity (Wildman–Crippen MR) is 74.2 cm³/mol. The van der Waals surface area contributed by atoms with Gasteiger partial charge in [-0.25, -0.2) is 9.78 Å². The maximum Gasteiger partial charge on any atom is 0.327 e. The van der Waals surface area contributed by atoms with Crippen molar-refractivity contribution in [2.75, 3.05) is 0 Å². The molecule has 0 saturated heterocycles. The van der Waals surface area contributed by atoms with Gasteiger partial charge in [-0.3, -0.25) is 0 Å². The first-order valence-corrected chi connectivity index (χ1v) is 7.85. The number of carbonyl (C=O) groups is 1. The topological polar surface area (TPSA) is 55.1 Å². The molecule has 4 aliphatic carbocycles. The van der Waals surface area contributed by atoms with E-state index in [1.807, 2.05) is 17.7 Å². The van der Waals surface area contributed by atoms with E-state index in [-0.39, 0.29) is 0 Å². The molecule has 1 N–H and O–H groups in total. The van der Waals surface area contributed by atoms with Crippen LogP contribution in [0.15, 0.2) is 12.4 Å². The average Bonchev–Trinajstić information content (AvgIpc) is 2.78. The maximum atomic E-state index is 11.9. The Morgan fingerprint density at radius 2 is 1.85 bits per heavy atom. The van der Waals surface area contributed by atoms with Gasteiger partial charge in [-0.2, -0.15) is 0 Å². The first-order valence-electron chi connectivity index (χ1n) is 7.85. The van der Waals surface area contributed by atoms with E-state index in [0.29, 0.717) is 17.8 Å². The zero-order valence-corrected chi connectivity index (χ0v) is 11.9. The summed E-state index contributed by atoms with van der Waals surface area (Å²) in [6, 6.07) is -0.410. The number of aromatic nitrogens is 2. The van der Waals surface area contributed by atoms with E-state index in [0.717, 1.165) is 17.7 Å². The van der Waals surface area contributed by atoms with Crippen molar-refractivity contribution >= 4 is 5.97 Å². The molecule has 108 valence electrons. The molecule has 1 aromatic rings. The van der Waals surface area contributed by atoms with Crippen LogP contribution in [0.25, 0.3) is 0 Å². The van der Waals surface area contributed by atoms with Crippen LogP contribution in [0.5, 0.6) is 0 Å². The number of aliphatic carboxylic acids is 1. The average molecular weight is 274 g/mol. The van der Waals surface area contributed by atoms with Gasteiger partial charge in [0.1, 0.15) is 11.9 Å². The van der Waals surface area contributed by atoms with Crippen molar-refractivity contribution in [2.24, 2.45) is 29.6 Å². The van der Waals surface area contributed by atoms with Crippen LogP contribution in [0.3, 0.4) is 0 Å². The van der Waals surface area contributed by atoms with Crippen molar-refractivity contribution in [2.45, 2.75) is 45.1 Å². The molecule has 4 nitrogen and oxygen atoms in total. The van der Waals surface area contributed by atoms with Gasteiger partial charge in [0.05, 0.1) is 0 Å². The summed E-state index contributed by atoms with van der Waals surface area (Å²) >= 11 is 0. The Balaban J connectivity index is 1.71. The molecule has 4 aliphatic rings. The lowest BCUT2D eigenvalue weighted by Crippen LogP contribution is -2.49. The van der Waals surface area contributed by atoms with E-state index in [1.54, 1.807) is 6.20 Å². The highest BCUT2D eigenvalue weighted by molar-refractivity contribution is 5.72. The van der Waals surface area contributed by atoms with Crippen molar-refractivity contribution in [3.05, 3.63) is 18.2 Å². The molecule has 4 saturated carbocycles. The van der Waals surface area contributed by atoms with Crippen LogP contribution in [0.1, 0.15) is 44.0 Å². The van der Waals surface area contributed by atoms with E-state index in [1.165, 1.54) is 32.1 Å². The summed E-state index contributed by atoms with van der Waals surface area (Å²) in [4.78, 5) is 16.2. The third-order valence-electron chi connectivity index (χ3n) is 6.08. The van der Waals surface area contributed by atoms with Gasteiger partial charge in [-0.05, 0) is 68.6 Å². The summed E-state index contributed by atoms with van der Waals surface area (Å²) in [5, 5.41) is 9.81. The molecular formula is C16H22N2O2. The van der Waals surface area contributed by atoms with Gasteiger partial charge in [0, 0.05) is 12.4 Å². The van der Waals surface area contributed by atoms with Crippen LogP contribution in [0.2, 0.25) is 0 Å². The van der Waals surface area contributed by atoms with Crippen LogP contribution >= 0.6 is 0 Å². The molecule has 0 spiro atoms. The SMILES string of the molecule is Cc1nccn1C(C(=O)O)C1C2CC3CC(C2)CC1C3. The zero-order chi connectivity index (χ0) is 13.9. The minimum atomic E-state index is -0.677. The smallest absolute Gasteiger partial charge is 0.327 e. The quantitative estimate of drug-likeness (QED) is 0.922. The summed E-state index contributed by atoms with van der Waals surface area (Å²) in [6.07, 6.45) is 10.0. The highest BCUT2D eigenvalue weighted by Crippen LogP contribution is 2.59. The minimum Gasteiger partial charge on any atom is -0.480 e. The van der Waals surface area contributed by atoms with Crippen molar-refractivity contribution < 1.29 is 9.90 Å². The van der Waals surface area contributed by atoms with Gasteiger partial charge >= 0.3 is 5.97 Å². The molecule has 0 radical (unpaired) electrons. The normalized spacial score (nSPS) is 40.0. The molecule has 5 rings (SSSR count). The number of carboxylic acid groups (broad SMARTS) is 1. The van der Waals surface area contributed by atoms with Gasteiger partial charge in [-0.1, -0.05) is 0 Å². The number of hydrogen-bond acceptors (Lipinski definition) is 2. The Morgan fingerprint density at radius 1 is 1.25 bits per heavy atom. The van der Waals surface area contributed by atoms with Crippen molar-refractivity contribution in [1.82, 2.24) is 9.55 Å². The maximum absolute atomic E-state index is 11.9. The Morgan fingerprint density at radius 3 is 2.30 bits per heavy atom. The number of imidazole rings is 1. The van der Waals surface area contributed by atoms with Crippen molar-refractivity contribution in [1.29, 1.82) is 0 Å². The monoisotopic (exact) mass is 274 g/mol. The van der Waals surface area contributed by atoms with E-state index in [2.05, 4.69) is 4.98 Å². The Bertz CT molecular complexity index is 508. The lowest BCUT2D eigenvalue weighted by Gasteiger charge is -2.55. The van der Waals surface area contributed by atoms with Crippen molar-refractivity contribution in [3.63, 3.8) is 0 Å². The summed E-state index contributed by atoms with van der Waals surface area (Å²) in [6.45, 7) is 1.91. The van der Waals surface area contributed by atoms with Gasteiger partial charge in [-0.15, -0.1) is 0 Å². The molecule has 1 atom stereocenters. The first-order chi connectivity index (χ1) is 9.63. The molecule has 0 amide bonds. The second-order valence-corrected chi connectivity index (χ2v) is 7.17.